The van der Waals surface area contributed by atoms with Gasteiger partial charge in [0.05, 0.1) is 5.69 Å². The molecule has 0 aromatic carbocycles. The number of nitrogens with two attached hydrogens (primary N) is 1. The summed E-state index contributed by atoms with van der Waals surface area (Å²) in [5.41, 5.74) is 10.3. The highest BCUT2D eigenvalue weighted by molar-refractivity contribution is 5.53. The molecule has 114 valence electrons. The zero-order valence-electron chi connectivity index (χ0n) is 13.9. The maximum atomic E-state index is 6.12. The molecule has 0 aliphatic carbocycles. The Hall–Kier alpha value is -1.13. The Balaban J connectivity index is 2.80. The van der Waals surface area contributed by atoms with Gasteiger partial charge in [-0.1, -0.05) is 13.8 Å². The Labute approximate surface area is 124 Å². The summed E-state index contributed by atoms with van der Waals surface area (Å²) < 4.78 is 0. The topological polar surface area (TPSA) is 45.4 Å². The summed E-state index contributed by atoms with van der Waals surface area (Å²) in [4.78, 5) is 9.26. The molecule has 2 N–H and O–H groups in total. The molecule has 1 aromatic heterocycles. The Morgan fingerprint density at radius 3 is 2.40 bits per heavy atom. The fraction of sp³-hybridized carbons (Fsp3) is 0.688. The third-order valence-electron chi connectivity index (χ3n) is 3.54. The van der Waals surface area contributed by atoms with Gasteiger partial charge in [0.25, 0.3) is 0 Å². The summed E-state index contributed by atoms with van der Waals surface area (Å²) in [5.74, 6) is 0.653. The van der Waals surface area contributed by atoms with Gasteiger partial charge in [-0.2, -0.15) is 0 Å². The smallest absolute Gasteiger partial charge is 0.0593 e. The van der Waals surface area contributed by atoms with E-state index in [4.69, 9.17) is 5.73 Å². The summed E-state index contributed by atoms with van der Waals surface area (Å²) in [6, 6.07) is 0. The van der Waals surface area contributed by atoms with Crippen LogP contribution in [-0.2, 0) is 6.54 Å². The van der Waals surface area contributed by atoms with Gasteiger partial charge >= 0.3 is 0 Å². The largest absolute Gasteiger partial charge is 0.398 e. The third kappa shape index (κ3) is 5.10. The van der Waals surface area contributed by atoms with E-state index in [1.54, 1.807) is 0 Å². The zero-order valence-corrected chi connectivity index (χ0v) is 13.9. The van der Waals surface area contributed by atoms with Crippen LogP contribution in [0, 0.1) is 19.8 Å². The van der Waals surface area contributed by atoms with Crippen molar-refractivity contribution in [2.45, 2.75) is 34.2 Å². The van der Waals surface area contributed by atoms with Crippen LogP contribution in [0.4, 0.5) is 5.69 Å². The fourth-order valence-electron chi connectivity index (χ4n) is 2.26. The van der Waals surface area contributed by atoms with Crippen LogP contribution in [0.1, 0.15) is 30.7 Å². The number of hydrogen-bond donors (Lipinski definition) is 1. The molecule has 1 rings (SSSR count). The molecule has 1 heterocycles. The lowest BCUT2D eigenvalue weighted by molar-refractivity contribution is 0.209. The van der Waals surface area contributed by atoms with Gasteiger partial charge < -0.3 is 10.6 Å². The Morgan fingerprint density at radius 2 is 1.85 bits per heavy atom. The number of pyridine rings is 1. The van der Waals surface area contributed by atoms with Crippen molar-refractivity contribution >= 4 is 5.69 Å². The molecule has 0 saturated carbocycles. The Kier molecular flexibility index (Phi) is 6.43. The monoisotopic (exact) mass is 278 g/mol. The first-order chi connectivity index (χ1) is 9.31. The van der Waals surface area contributed by atoms with E-state index in [0.29, 0.717) is 5.92 Å². The molecule has 4 heteroatoms. The van der Waals surface area contributed by atoms with E-state index in [0.717, 1.165) is 48.7 Å². The minimum absolute atomic E-state index is 0.653. The minimum Gasteiger partial charge on any atom is -0.398 e. The second kappa shape index (κ2) is 7.60. The molecular weight excluding hydrogens is 248 g/mol. The van der Waals surface area contributed by atoms with Crippen molar-refractivity contribution in [3.8, 4) is 0 Å². The lowest BCUT2D eigenvalue weighted by Gasteiger charge is -2.26. The van der Waals surface area contributed by atoms with E-state index >= 15 is 0 Å². The van der Waals surface area contributed by atoms with Crippen LogP contribution in [-0.4, -0.2) is 48.5 Å². The molecule has 0 amide bonds. The number of nitrogen functional groups attached to an aromatic ring is 1. The number of rotatable bonds is 7. The first-order valence-corrected chi connectivity index (χ1v) is 7.38. The lowest BCUT2D eigenvalue weighted by Crippen LogP contribution is -2.34. The van der Waals surface area contributed by atoms with Crippen LogP contribution >= 0.6 is 0 Å². The molecule has 0 unspecified atom stereocenters. The molecule has 0 atom stereocenters. The van der Waals surface area contributed by atoms with Crippen molar-refractivity contribution in [2.75, 3.05) is 39.5 Å². The molecule has 0 aliphatic rings. The standard InChI is InChI=1S/C16H30N4/c1-12(2)10-20(8-7-19(5)6)11-15-14(4)16(17)13(3)9-18-15/h9,12H,7-8,10-11H2,1-6H3,(H2,17,18). The molecule has 0 fully saturated rings. The summed E-state index contributed by atoms with van der Waals surface area (Å²) in [5, 5.41) is 0. The first-order valence-electron chi connectivity index (χ1n) is 7.38. The number of likely N-dealkylation sites (N-methyl/N-ethyl adjacent to an activating group) is 1. The number of nitrogens with zero attached hydrogens (tertiary/aromatic N) is 3. The molecule has 0 saturated heterocycles. The number of aryl methyl sites for hydroxylation is 1. The zero-order chi connectivity index (χ0) is 15.3. The number of hydrogen-bond acceptors (Lipinski definition) is 4. The number of anilines is 1. The van der Waals surface area contributed by atoms with Crippen LogP contribution in [0.3, 0.4) is 0 Å². The second-order valence-corrected chi connectivity index (χ2v) is 6.36. The molecular formula is C16H30N4. The SMILES string of the molecule is Cc1cnc(CN(CCN(C)C)CC(C)C)c(C)c1N. The maximum Gasteiger partial charge on any atom is 0.0593 e. The van der Waals surface area contributed by atoms with E-state index in [2.05, 4.69) is 49.7 Å². The fourth-order valence-corrected chi connectivity index (χ4v) is 2.26. The Morgan fingerprint density at radius 1 is 1.20 bits per heavy atom. The summed E-state index contributed by atoms with van der Waals surface area (Å²) in [6.07, 6.45) is 1.89. The molecule has 0 bridgehead atoms. The molecule has 0 spiro atoms. The third-order valence-corrected chi connectivity index (χ3v) is 3.54. The lowest BCUT2D eigenvalue weighted by atomic mass is 10.1. The van der Waals surface area contributed by atoms with Gasteiger partial charge in [0, 0.05) is 38.1 Å². The van der Waals surface area contributed by atoms with Gasteiger partial charge in [-0.15, -0.1) is 0 Å². The van der Waals surface area contributed by atoms with Gasteiger partial charge in [0.15, 0.2) is 0 Å². The average molecular weight is 278 g/mol. The molecule has 4 nitrogen and oxygen atoms in total. The maximum absolute atomic E-state index is 6.12. The summed E-state index contributed by atoms with van der Waals surface area (Å²) in [6.45, 7) is 12.7. The highest BCUT2D eigenvalue weighted by Crippen LogP contribution is 2.19. The van der Waals surface area contributed by atoms with Crippen LogP contribution in [0.15, 0.2) is 6.20 Å². The predicted molar refractivity (Wildman–Crippen MR) is 86.8 cm³/mol. The van der Waals surface area contributed by atoms with Crippen molar-refractivity contribution in [1.29, 1.82) is 0 Å². The number of aromatic nitrogens is 1. The van der Waals surface area contributed by atoms with E-state index in [-0.39, 0.29) is 0 Å². The van der Waals surface area contributed by atoms with Crippen LogP contribution in [0.25, 0.3) is 0 Å². The molecule has 0 radical (unpaired) electrons. The van der Waals surface area contributed by atoms with Gasteiger partial charge in [-0.05, 0) is 45.0 Å². The van der Waals surface area contributed by atoms with Gasteiger partial charge in [-0.3, -0.25) is 9.88 Å². The van der Waals surface area contributed by atoms with Crippen molar-refractivity contribution in [1.82, 2.24) is 14.8 Å². The van der Waals surface area contributed by atoms with E-state index in [1.165, 1.54) is 0 Å². The summed E-state index contributed by atoms with van der Waals surface area (Å²) in [7, 11) is 4.22. The molecule has 1 aromatic rings. The van der Waals surface area contributed by atoms with E-state index in [1.807, 2.05) is 13.1 Å². The van der Waals surface area contributed by atoms with Gasteiger partial charge in [-0.25, -0.2) is 0 Å². The van der Waals surface area contributed by atoms with E-state index < -0.39 is 0 Å². The van der Waals surface area contributed by atoms with Crippen molar-refractivity contribution in [2.24, 2.45) is 5.92 Å². The predicted octanol–water partition coefficient (Wildman–Crippen LogP) is 2.30. The van der Waals surface area contributed by atoms with Crippen LogP contribution in [0.5, 0.6) is 0 Å². The minimum atomic E-state index is 0.653. The van der Waals surface area contributed by atoms with E-state index in [9.17, 15) is 0 Å². The van der Waals surface area contributed by atoms with Crippen molar-refractivity contribution < 1.29 is 0 Å². The van der Waals surface area contributed by atoms with Crippen LogP contribution < -0.4 is 5.73 Å². The quantitative estimate of drug-likeness (QED) is 0.831. The normalized spacial score (nSPS) is 11.8. The second-order valence-electron chi connectivity index (χ2n) is 6.36. The van der Waals surface area contributed by atoms with Crippen molar-refractivity contribution in [3.05, 3.63) is 23.0 Å². The van der Waals surface area contributed by atoms with Gasteiger partial charge in [0.2, 0.25) is 0 Å². The molecule has 20 heavy (non-hydrogen) atoms. The summed E-state index contributed by atoms with van der Waals surface area (Å²) >= 11 is 0. The van der Waals surface area contributed by atoms with Crippen LogP contribution in [0.2, 0.25) is 0 Å². The van der Waals surface area contributed by atoms with Gasteiger partial charge in [0.1, 0.15) is 0 Å². The first kappa shape index (κ1) is 16.9. The van der Waals surface area contributed by atoms with Crippen molar-refractivity contribution in [3.63, 3.8) is 0 Å². The molecule has 0 aliphatic heterocycles. The Bertz CT molecular complexity index is 427. The average Bonchev–Trinajstić information content (AvgIpc) is 2.36. The highest BCUT2D eigenvalue weighted by atomic mass is 15.2. The highest BCUT2D eigenvalue weighted by Gasteiger charge is 2.13.